The van der Waals surface area contributed by atoms with Crippen LogP contribution in [0.5, 0.6) is 0 Å². The Labute approximate surface area is 123 Å². The summed E-state index contributed by atoms with van der Waals surface area (Å²) < 4.78 is 0.961. The van der Waals surface area contributed by atoms with Gasteiger partial charge in [0.25, 0.3) is 0 Å². The van der Waals surface area contributed by atoms with Crippen molar-refractivity contribution in [3.63, 3.8) is 0 Å². The molecule has 0 aliphatic carbocycles. The highest BCUT2D eigenvalue weighted by Crippen LogP contribution is 2.23. The maximum Gasteiger partial charge on any atom is 0.0551 e. The van der Waals surface area contributed by atoms with Crippen LogP contribution in [-0.2, 0) is 6.54 Å². The first-order valence-electron chi connectivity index (χ1n) is 6.48. The summed E-state index contributed by atoms with van der Waals surface area (Å²) in [5.74, 6) is 0.826. The lowest BCUT2D eigenvalue weighted by Gasteiger charge is -2.29. The average molecular weight is 332 g/mol. The van der Waals surface area contributed by atoms with Crippen molar-refractivity contribution in [3.8, 4) is 0 Å². The Morgan fingerprint density at radius 3 is 2.78 bits per heavy atom. The second kappa shape index (κ2) is 6.90. The maximum absolute atomic E-state index is 6.08. The molecule has 1 aromatic rings. The fourth-order valence-corrected chi connectivity index (χ4v) is 2.79. The SMILES string of the molecule is CN1CCC(CNCc2ccc(Br)c(Cl)c2)CC1. The molecule has 0 saturated carbocycles. The first-order valence-corrected chi connectivity index (χ1v) is 7.65. The van der Waals surface area contributed by atoms with E-state index < -0.39 is 0 Å². The van der Waals surface area contributed by atoms with Crippen molar-refractivity contribution >= 4 is 27.5 Å². The number of halogens is 2. The van der Waals surface area contributed by atoms with Crippen LogP contribution in [0.4, 0.5) is 0 Å². The minimum absolute atomic E-state index is 0.786. The van der Waals surface area contributed by atoms with Crippen molar-refractivity contribution in [2.75, 3.05) is 26.7 Å². The lowest BCUT2D eigenvalue weighted by Crippen LogP contribution is -2.34. The second-order valence-electron chi connectivity index (χ2n) is 5.13. The maximum atomic E-state index is 6.08. The molecule has 100 valence electrons. The summed E-state index contributed by atoms with van der Waals surface area (Å²) in [6.07, 6.45) is 2.62. The molecule has 0 radical (unpaired) electrons. The van der Waals surface area contributed by atoms with Gasteiger partial charge in [0.15, 0.2) is 0 Å². The zero-order valence-corrected chi connectivity index (χ0v) is 13.1. The van der Waals surface area contributed by atoms with Gasteiger partial charge in [0.2, 0.25) is 0 Å². The third kappa shape index (κ3) is 4.23. The van der Waals surface area contributed by atoms with Crippen LogP contribution >= 0.6 is 27.5 Å². The van der Waals surface area contributed by atoms with Crippen molar-refractivity contribution in [3.05, 3.63) is 33.3 Å². The summed E-state index contributed by atoms with van der Waals surface area (Å²) in [7, 11) is 2.20. The summed E-state index contributed by atoms with van der Waals surface area (Å²) in [6.45, 7) is 4.48. The van der Waals surface area contributed by atoms with Gasteiger partial charge in [-0.25, -0.2) is 0 Å². The van der Waals surface area contributed by atoms with Crippen LogP contribution in [0.15, 0.2) is 22.7 Å². The van der Waals surface area contributed by atoms with Crippen molar-refractivity contribution in [2.24, 2.45) is 5.92 Å². The van der Waals surface area contributed by atoms with Gasteiger partial charge in [-0.05, 0) is 79.1 Å². The normalized spacial score (nSPS) is 18.2. The first kappa shape index (κ1) is 14.3. The Kier molecular flexibility index (Phi) is 5.49. The zero-order chi connectivity index (χ0) is 13.0. The largest absolute Gasteiger partial charge is 0.312 e. The minimum atomic E-state index is 0.786. The third-order valence-electron chi connectivity index (χ3n) is 3.58. The van der Waals surface area contributed by atoms with Gasteiger partial charge in [0.05, 0.1) is 5.02 Å². The predicted octanol–water partition coefficient (Wildman–Crippen LogP) is 3.53. The Bertz CT molecular complexity index is 389. The van der Waals surface area contributed by atoms with Crippen molar-refractivity contribution < 1.29 is 0 Å². The van der Waals surface area contributed by atoms with Gasteiger partial charge < -0.3 is 10.2 Å². The third-order valence-corrected chi connectivity index (χ3v) is 4.82. The van der Waals surface area contributed by atoms with E-state index in [1.807, 2.05) is 12.1 Å². The molecule has 1 N–H and O–H groups in total. The van der Waals surface area contributed by atoms with Crippen LogP contribution in [0.1, 0.15) is 18.4 Å². The van der Waals surface area contributed by atoms with Gasteiger partial charge in [-0.1, -0.05) is 17.7 Å². The molecule has 0 amide bonds. The van der Waals surface area contributed by atoms with E-state index in [-0.39, 0.29) is 0 Å². The van der Waals surface area contributed by atoms with E-state index in [1.165, 1.54) is 31.5 Å². The summed E-state index contributed by atoms with van der Waals surface area (Å²) in [4.78, 5) is 2.41. The van der Waals surface area contributed by atoms with E-state index in [4.69, 9.17) is 11.6 Å². The number of piperidine rings is 1. The molecule has 2 nitrogen and oxygen atoms in total. The molecule has 0 bridgehead atoms. The minimum Gasteiger partial charge on any atom is -0.312 e. The summed E-state index contributed by atoms with van der Waals surface area (Å²) in [5.41, 5.74) is 1.25. The second-order valence-corrected chi connectivity index (χ2v) is 6.39. The quantitative estimate of drug-likeness (QED) is 0.908. The molecular weight excluding hydrogens is 312 g/mol. The van der Waals surface area contributed by atoms with Crippen LogP contribution in [0, 0.1) is 5.92 Å². The number of benzene rings is 1. The van der Waals surface area contributed by atoms with Gasteiger partial charge >= 0.3 is 0 Å². The molecule has 1 saturated heterocycles. The number of hydrogen-bond donors (Lipinski definition) is 1. The smallest absolute Gasteiger partial charge is 0.0551 e. The van der Waals surface area contributed by atoms with Gasteiger partial charge in [-0.15, -0.1) is 0 Å². The molecule has 4 heteroatoms. The van der Waals surface area contributed by atoms with Gasteiger partial charge in [0.1, 0.15) is 0 Å². The van der Waals surface area contributed by atoms with Crippen LogP contribution in [0.3, 0.4) is 0 Å². The van der Waals surface area contributed by atoms with E-state index in [1.54, 1.807) is 0 Å². The average Bonchev–Trinajstić information content (AvgIpc) is 2.36. The monoisotopic (exact) mass is 330 g/mol. The summed E-state index contributed by atoms with van der Waals surface area (Å²) in [6, 6.07) is 6.14. The van der Waals surface area contributed by atoms with Crippen LogP contribution in [-0.4, -0.2) is 31.6 Å². The highest BCUT2D eigenvalue weighted by molar-refractivity contribution is 9.10. The topological polar surface area (TPSA) is 15.3 Å². The first-order chi connectivity index (χ1) is 8.65. The van der Waals surface area contributed by atoms with Crippen molar-refractivity contribution in [1.29, 1.82) is 0 Å². The lowest BCUT2D eigenvalue weighted by atomic mass is 9.97. The molecule has 1 aromatic carbocycles. The standard InChI is InChI=1S/C14H20BrClN2/c1-18-6-4-11(5-7-18)9-17-10-12-2-3-13(15)14(16)8-12/h2-3,8,11,17H,4-7,9-10H2,1H3. The number of rotatable bonds is 4. The molecule has 1 aliphatic heterocycles. The van der Waals surface area contributed by atoms with Crippen LogP contribution < -0.4 is 5.32 Å². The highest BCUT2D eigenvalue weighted by atomic mass is 79.9. The van der Waals surface area contributed by atoms with Gasteiger partial charge in [-0.3, -0.25) is 0 Å². The summed E-state index contributed by atoms with van der Waals surface area (Å²) >= 11 is 9.49. The van der Waals surface area contributed by atoms with Gasteiger partial charge in [0, 0.05) is 11.0 Å². The Hall–Kier alpha value is -0.0900. The fourth-order valence-electron chi connectivity index (χ4n) is 2.34. The van der Waals surface area contributed by atoms with Crippen molar-refractivity contribution in [1.82, 2.24) is 10.2 Å². The molecule has 0 unspecified atom stereocenters. The van der Waals surface area contributed by atoms with Crippen molar-refractivity contribution in [2.45, 2.75) is 19.4 Å². The van der Waals surface area contributed by atoms with E-state index in [2.05, 4.69) is 39.3 Å². The molecule has 1 aliphatic rings. The molecule has 0 aromatic heterocycles. The van der Waals surface area contributed by atoms with E-state index in [9.17, 15) is 0 Å². The van der Waals surface area contributed by atoms with Gasteiger partial charge in [-0.2, -0.15) is 0 Å². The van der Waals surface area contributed by atoms with Crippen LogP contribution in [0.25, 0.3) is 0 Å². The molecule has 0 spiro atoms. The Balaban J connectivity index is 1.73. The van der Waals surface area contributed by atoms with E-state index >= 15 is 0 Å². The summed E-state index contributed by atoms with van der Waals surface area (Å²) in [5, 5.41) is 4.33. The Morgan fingerprint density at radius 2 is 2.11 bits per heavy atom. The number of nitrogens with zero attached hydrogens (tertiary/aromatic N) is 1. The number of nitrogens with one attached hydrogen (secondary N) is 1. The molecule has 1 fully saturated rings. The molecule has 2 rings (SSSR count). The van der Waals surface area contributed by atoms with E-state index in [0.717, 1.165) is 28.5 Å². The van der Waals surface area contributed by atoms with E-state index in [0.29, 0.717) is 0 Å². The molecule has 1 heterocycles. The Morgan fingerprint density at radius 1 is 1.39 bits per heavy atom. The highest BCUT2D eigenvalue weighted by Gasteiger charge is 2.15. The zero-order valence-electron chi connectivity index (χ0n) is 10.8. The van der Waals surface area contributed by atoms with Crippen LogP contribution in [0.2, 0.25) is 5.02 Å². The fraction of sp³-hybridized carbons (Fsp3) is 0.571. The predicted molar refractivity (Wildman–Crippen MR) is 81.1 cm³/mol. The molecule has 18 heavy (non-hydrogen) atoms. The number of hydrogen-bond acceptors (Lipinski definition) is 2. The molecule has 0 atom stereocenters. The molecular formula is C14H20BrClN2. The number of likely N-dealkylation sites (tertiary alicyclic amines) is 1. The lowest BCUT2D eigenvalue weighted by molar-refractivity contribution is 0.216.